The Balaban J connectivity index is 2.37. The van der Waals surface area contributed by atoms with Crippen LogP contribution in [-0.4, -0.2) is 15.2 Å². The van der Waals surface area contributed by atoms with Crippen molar-refractivity contribution in [2.75, 3.05) is 0 Å². The Morgan fingerprint density at radius 2 is 2.14 bits per heavy atom. The quantitative estimate of drug-likeness (QED) is 0.810. The smallest absolute Gasteiger partial charge is 0.352 e. The van der Waals surface area contributed by atoms with Gasteiger partial charge in [0.1, 0.15) is 11.4 Å². The van der Waals surface area contributed by atoms with Crippen molar-refractivity contribution in [1.29, 1.82) is 5.26 Å². The van der Waals surface area contributed by atoms with E-state index in [4.69, 9.17) is 10.00 Å². The van der Waals surface area contributed by atoms with E-state index in [1.807, 2.05) is 20.8 Å². The van der Waals surface area contributed by atoms with Crippen LogP contribution in [0.2, 0.25) is 0 Å². The predicted molar refractivity (Wildman–Crippen MR) is 82.4 cm³/mol. The van der Waals surface area contributed by atoms with Crippen LogP contribution in [0.1, 0.15) is 31.9 Å². The lowest BCUT2D eigenvalue weighted by atomic mass is 9.90. The Bertz CT molecular complexity index is 885. The van der Waals surface area contributed by atoms with E-state index in [0.29, 0.717) is 11.3 Å². The minimum atomic E-state index is -0.550. The summed E-state index contributed by atoms with van der Waals surface area (Å²) in [7, 11) is 0. The molecule has 3 rings (SSSR count). The van der Waals surface area contributed by atoms with Gasteiger partial charge >= 0.3 is 5.69 Å². The van der Waals surface area contributed by atoms with Crippen LogP contribution < -0.4 is 10.4 Å². The summed E-state index contributed by atoms with van der Waals surface area (Å²) in [4.78, 5) is 16.0. The van der Waals surface area contributed by atoms with Gasteiger partial charge < -0.3 is 4.74 Å². The molecule has 1 aliphatic heterocycles. The number of rotatable bonds is 1. The van der Waals surface area contributed by atoms with Crippen LogP contribution in [0.5, 0.6) is 5.75 Å². The Labute approximate surface area is 128 Å². The molecule has 1 aromatic carbocycles. The molecule has 0 fully saturated rings. The second-order valence-corrected chi connectivity index (χ2v) is 5.68. The van der Waals surface area contributed by atoms with Crippen LogP contribution in [-0.2, 0) is 0 Å². The third-order valence-corrected chi connectivity index (χ3v) is 3.94. The number of aromatic nitrogens is 2. The molecular weight excluding hydrogens is 278 g/mol. The average Bonchev–Trinajstić information content (AvgIpc) is 2.49. The molecule has 2 aromatic rings. The lowest BCUT2D eigenvalue weighted by Gasteiger charge is -2.35. The molecule has 110 valence electrons. The molecule has 0 aliphatic carbocycles. The van der Waals surface area contributed by atoms with E-state index in [0.717, 1.165) is 16.8 Å². The molecule has 2 heterocycles. The minimum absolute atomic E-state index is 0.358. The van der Waals surface area contributed by atoms with Gasteiger partial charge in [-0.1, -0.05) is 0 Å². The number of nitriles is 1. The summed E-state index contributed by atoms with van der Waals surface area (Å²) in [5.74, 6) is 0.653. The maximum Gasteiger partial charge on any atom is 0.352 e. The zero-order valence-electron chi connectivity index (χ0n) is 12.6. The van der Waals surface area contributed by atoms with E-state index in [2.05, 4.69) is 11.1 Å². The van der Waals surface area contributed by atoms with Gasteiger partial charge in [-0.15, -0.1) is 0 Å². The summed E-state index contributed by atoms with van der Waals surface area (Å²) in [5, 5.41) is 9.13. The lowest BCUT2D eigenvalue weighted by Crippen LogP contribution is -2.36. The second-order valence-electron chi connectivity index (χ2n) is 5.68. The predicted octanol–water partition coefficient (Wildman–Crippen LogP) is 2.57. The van der Waals surface area contributed by atoms with Crippen molar-refractivity contribution in [3.8, 4) is 11.8 Å². The molecule has 0 spiro atoms. The highest BCUT2D eigenvalue weighted by atomic mass is 16.5. The van der Waals surface area contributed by atoms with Crippen molar-refractivity contribution >= 4 is 5.70 Å². The van der Waals surface area contributed by atoms with Crippen molar-refractivity contribution in [1.82, 2.24) is 9.55 Å². The molecule has 0 bridgehead atoms. The van der Waals surface area contributed by atoms with E-state index in [-0.39, 0.29) is 5.69 Å². The highest BCUT2D eigenvalue weighted by molar-refractivity contribution is 5.77. The van der Waals surface area contributed by atoms with E-state index in [9.17, 15) is 4.79 Å². The van der Waals surface area contributed by atoms with Gasteiger partial charge in [0.05, 0.1) is 17.3 Å². The van der Waals surface area contributed by atoms with Crippen molar-refractivity contribution in [3.63, 3.8) is 0 Å². The third-order valence-electron chi connectivity index (χ3n) is 3.94. The van der Waals surface area contributed by atoms with Crippen LogP contribution >= 0.6 is 0 Å². The number of benzene rings is 1. The van der Waals surface area contributed by atoms with Crippen molar-refractivity contribution in [3.05, 3.63) is 63.8 Å². The van der Waals surface area contributed by atoms with Gasteiger partial charge in [-0.2, -0.15) is 5.26 Å². The summed E-state index contributed by atoms with van der Waals surface area (Å²) in [5.41, 5.74) is 1.97. The Morgan fingerprint density at radius 3 is 2.82 bits per heavy atom. The van der Waals surface area contributed by atoms with Crippen molar-refractivity contribution < 1.29 is 4.74 Å². The fraction of sp³-hybridized carbons (Fsp3) is 0.235. The SMILES string of the molecule is CC1=C(n2cccnc2=O)c2cc(C#N)ccc2OC1(C)C. The summed E-state index contributed by atoms with van der Waals surface area (Å²) < 4.78 is 7.52. The largest absolute Gasteiger partial charge is 0.483 e. The number of hydrogen-bond acceptors (Lipinski definition) is 4. The number of hydrogen-bond donors (Lipinski definition) is 0. The van der Waals surface area contributed by atoms with Crippen LogP contribution in [0.15, 0.2) is 47.0 Å². The first-order chi connectivity index (χ1) is 10.4. The topological polar surface area (TPSA) is 67.9 Å². The van der Waals surface area contributed by atoms with Crippen LogP contribution in [0.3, 0.4) is 0 Å². The maximum atomic E-state index is 12.2. The molecule has 5 heteroatoms. The number of nitrogens with zero attached hydrogens (tertiary/aromatic N) is 3. The lowest BCUT2D eigenvalue weighted by molar-refractivity contribution is 0.143. The highest BCUT2D eigenvalue weighted by Gasteiger charge is 2.33. The standard InChI is InChI=1S/C17H15N3O2/c1-11-15(20-8-4-7-19-16(20)21)13-9-12(10-18)5-6-14(13)22-17(11,2)3/h4-9H,1-3H3. The molecule has 0 saturated heterocycles. The summed E-state index contributed by atoms with van der Waals surface area (Å²) in [6.07, 6.45) is 3.14. The van der Waals surface area contributed by atoms with Gasteiger partial charge in [-0.05, 0) is 50.6 Å². The first-order valence-electron chi connectivity index (χ1n) is 6.93. The minimum Gasteiger partial charge on any atom is -0.483 e. The number of fused-ring (bicyclic) bond motifs is 1. The zero-order chi connectivity index (χ0) is 15.9. The highest BCUT2D eigenvalue weighted by Crippen LogP contribution is 2.41. The fourth-order valence-electron chi connectivity index (χ4n) is 2.55. The Hall–Kier alpha value is -2.87. The first kappa shape index (κ1) is 14.1. The maximum absolute atomic E-state index is 12.2. The zero-order valence-corrected chi connectivity index (χ0v) is 12.6. The van der Waals surface area contributed by atoms with Gasteiger partial charge in [0.15, 0.2) is 0 Å². The molecule has 1 aliphatic rings. The molecule has 0 unspecified atom stereocenters. The van der Waals surface area contributed by atoms with Gasteiger partial charge in [0, 0.05) is 18.0 Å². The average molecular weight is 293 g/mol. The normalized spacial score (nSPS) is 15.7. The molecule has 0 saturated carbocycles. The van der Waals surface area contributed by atoms with Crippen LogP contribution in [0.25, 0.3) is 5.70 Å². The van der Waals surface area contributed by atoms with Crippen LogP contribution in [0, 0.1) is 11.3 Å². The summed E-state index contributed by atoms with van der Waals surface area (Å²) in [6, 6.07) is 9.04. The van der Waals surface area contributed by atoms with Gasteiger partial charge in [0.25, 0.3) is 0 Å². The van der Waals surface area contributed by atoms with Crippen molar-refractivity contribution in [2.24, 2.45) is 0 Å². The molecular formula is C17H15N3O2. The van der Waals surface area contributed by atoms with E-state index in [1.54, 1.807) is 30.5 Å². The Morgan fingerprint density at radius 1 is 1.36 bits per heavy atom. The molecule has 0 radical (unpaired) electrons. The van der Waals surface area contributed by atoms with Gasteiger partial charge in [-0.25, -0.2) is 9.78 Å². The molecule has 0 amide bonds. The molecule has 22 heavy (non-hydrogen) atoms. The monoisotopic (exact) mass is 293 g/mol. The van der Waals surface area contributed by atoms with Crippen LogP contribution in [0.4, 0.5) is 0 Å². The van der Waals surface area contributed by atoms with E-state index >= 15 is 0 Å². The fourth-order valence-corrected chi connectivity index (χ4v) is 2.55. The summed E-state index contributed by atoms with van der Waals surface area (Å²) >= 11 is 0. The Kier molecular flexibility index (Phi) is 3.10. The first-order valence-corrected chi connectivity index (χ1v) is 6.93. The van der Waals surface area contributed by atoms with Crippen molar-refractivity contribution in [2.45, 2.75) is 26.4 Å². The second kappa shape index (κ2) is 4.85. The van der Waals surface area contributed by atoms with Gasteiger partial charge in [-0.3, -0.25) is 4.57 Å². The molecule has 5 nitrogen and oxygen atoms in total. The van der Waals surface area contributed by atoms with E-state index < -0.39 is 5.60 Å². The third kappa shape index (κ3) is 2.09. The molecule has 1 aromatic heterocycles. The van der Waals surface area contributed by atoms with Gasteiger partial charge in [0.2, 0.25) is 0 Å². The summed E-state index contributed by atoms with van der Waals surface area (Å²) in [6.45, 7) is 5.83. The van der Waals surface area contributed by atoms with E-state index in [1.165, 1.54) is 10.8 Å². The number of ether oxygens (including phenoxy) is 1. The molecule has 0 N–H and O–H groups in total. The molecule has 0 atom stereocenters.